The van der Waals surface area contributed by atoms with Crippen molar-refractivity contribution >= 4 is 34.2 Å². The number of hydrogen-bond donors (Lipinski definition) is 2. The molecule has 1 aromatic rings. The van der Waals surface area contributed by atoms with Gasteiger partial charge in [0.25, 0.3) is 0 Å². The van der Waals surface area contributed by atoms with Crippen LogP contribution in [0.4, 0.5) is 5.00 Å². The van der Waals surface area contributed by atoms with Crippen LogP contribution in [0.15, 0.2) is 12.2 Å². The van der Waals surface area contributed by atoms with Crippen LogP contribution in [0.5, 0.6) is 0 Å². The molecule has 0 aromatic carbocycles. The minimum atomic E-state index is -0.924. The number of hydrogen-bond acceptors (Lipinski definition) is 5. The number of ether oxygens (including phenoxy) is 1. The lowest BCUT2D eigenvalue weighted by Crippen LogP contribution is -2.36. The quantitative estimate of drug-likeness (QED) is 0.414. The Balaban J connectivity index is 1.62. The molecule has 7 heteroatoms. The van der Waals surface area contributed by atoms with E-state index in [4.69, 9.17) is 4.74 Å². The molecule has 2 bridgehead atoms. The Labute approximate surface area is 174 Å². The molecular formula is C22H27NO5S. The molecule has 0 spiro atoms. The van der Waals surface area contributed by atoms with Gasteiger partial charge in [0.1, 0.15) is 5.00 Å². The van der Waals surface area contributed by atoms with Crippen molar-refractivity contribution in [1.29, 1.82) is 0 Å². The third kappa shape index (κ3) is 3.72. The van der Waals surface area contributed by atoms with Crippen LogP contribution in [0, 0.1) is 23.7 Å². The second-order valence-electron chi connectivity index (χ2n) is 8.23. The van der Waals surface area contributed by atoms with Gasteiger partial charge in [-0.05, 0) is 55.9 Å². The van der Waals surface area contributed by atoms with Gasteiger partial charge in [-0.15, -0.1) is 11.3 Å². The third-order valence-electron chi connectivity index (χ3n) is 6.35. The normalized spacial score (nSPS) is 27.3. The first-order valence-electron chi connectivity index (χ1n) is 10.5. The van der Waals surface area contributed by atoms with E-state index >= 15 is 0 Å². The number of anilines is 1. The van der Waals surface area contributed by atoms with Gasteiger partial charge in [0.2, 0.25) is 5.91 Å². The highest BCUT2D eigenvalue weighted by molar-refractivity contribution is 7.17. The highest BCUT2D eigenvalue weighted by atomic mass is 32.1. The van der Waals surface area contributed by atoms with Crippen molar-refractivity contribution in [1.82, 2.24) is 0 Å². The number of rotatable bonds is 6. The number of amides is 1. The summed E-state index contributed by atoms with van der Waals surface area (Å²) >= 11 is 1.46. The number of esters is 1. The van der Waals surface area contributed by atoms with Crippen molar-refractivity contribution < 1.29 is 24.2 Å². The Hall–Kier alpha value is -2.15. The molecule has 2 N–H and O–H groups in total. The largest absolute Gasteiger partial charge is 0.481 e. The molecular weight excluding hydrogens is 390 g/mol. The monoisotopic (exact) mass is 417 g/mol. The van der Waals surface area contributed by atoms with Crippen LogP contribution in [-0.2, 0) is 27.2 Å². The molecule has 1 heterocycles. The van der Waals surface area contributed by atoms with E-state index in [1.54, 1.807) is 0 Å². The van der Waals surface area contributed by atoms with E-state index in [9.17, 15) is 19.5 Å². The molecule has 1 fully saturated rings. The summed E-state index contributed by atoms with van der Waals surface area (Å²) < 4.78 is 5.41. The number of carboxylic acid groups (broad SMARTS) is 1. The highest BCUT2D eigenvalue weighted by Crippen LogP contribution is 2.49. The number of aliphatic carboxylic acids is 1. The summed E-state index contributed by atoms with van der Waals surface area (Å²) in [7, 11) is 0. The number of carbonyl (C=O) groups excluding carboxylic acids is 2. The van der Waals surface area contributed by atoms with Crippen molar-refractivity contribution in [3.05, 3.63) is 28.2 Å². The first-order chi connectivity index (χ1) is 14.0. The zero-order chi connectivity index (χ0) is 20.5. The molecule has 4 rings (SSSR count). The SMILES string of the molecule is CCCOC(=O)c1c(NC(=O)[C@H]2[C@@H](C(=O)O)[C@@H]3C=C[C@H]2C3)sc2c1CCCCC2. The molecule has 4 atom stereocenters. The van der Waals surface area contributed by atoms with Gasteiger partial charge in [-0.25, -0.2) is 4.79 Å². The lowest BCUT2D eigenvalue weighted by Gasteiger charge is -2.23. The number of fused-ring (bicyclic) bond motifs is 3. The van der Waals surface area contributed by atoms with Gasteiger partial charge in [0.15, 0.2) is 0 Å². The molecule has 0 unspecified atom stereocenters. The fourth-order valence-electron chi connectivity index (χ4n) is 5.03. The van der Waals surface area contributed by atoms with Crippen molar-refractivity contribution in [2.75, 3.05) is 11.9 Å². The third-order valence-corrected chi connectivity index (χ3v) is 7.55. The number of allylic oxidation sites excluding steroid dienone is 2. The maximum absolute atomic E-state index is 13.1. The highest BCUT2D eigenvalue weighted by Gasteiger charge is 2.51. The minimum absolute atomic E-state index is 0.0469. The van der Waals surface area contributed by atoms with Crippen molar-refractivity contribution in [3.8, 4) is 0 Å². The molecule has 29 heavy (non-hydrogen) atoms. The number of carbonyl (C=O) groups is 3. The van der Waals surface area contributed by atoms with Crippen LogP contribution in [0.2, 0.25) is 0 Å². The van der Waals surface area contributed by atoms with Gasteiger partial charge in [-0.1, -0.05) is 25.5 Å². The van der Waals surface area contributed by atoms with Gasteiger partial charge < -0.3 is 15.2 Å². The average molecular weight is 418 g/mol. The predicted molar refractivity (Wildman–Crippen MR) is 110 cm³/mol. The molecule has 0 aliphatic heterocycles. The summed E-state index contributed by atoms with van der Waals surface area (Å²) in [5.74, 6) is -3.02. The Morgan fingerprint density at radius 2 is 1.86 bits per heavy atom. The van der Waals surface area contributed by atoms with Gasteiger partial charge in [0.05, 0.1) is 24.0 Å². The minimum Gasteiger partial charge on any atom is -0.481 e. The van der Waals surface area contributed by atoms with Crippen LogP contribution in [0.3, 0.4) is 0 Å². The fraction of sp³-hybridized carbons (Fsp3) is 0.591. The molecule has 1 amide bonds. The number of aryl methyl sites for hydroxylation is 1. The smallest absolute Gasteiger partial charge is 0.341 e. The van der Waals surface area contributed by atoms with E-state index < -0.39 is 17.8 Å². The first-order valence-corrected chi connectivity index (χ1v) is 11.4. The van der Waals surface area contributed by atoms with Crippen molar-refractivity contribution in [2.24, 2.45) is 23.7 Å². The van der Waals surface area contributed by atoms with Crippen LogP contribution >= 0.6 is 11.3 Å². The van der Waals surface area contributed by atoms with Crippen LogP contribution in [0.1, 0.15) is 59.8 Å². The van der Waals surface area contributed by atoms with E-state index in [0.29, 0.717) is 23.6 Å². The summed E-state index contributed by atoms with van der Waals surface area (Å²) in [5, 5.41) is 13.1. The van der Waals surface area contributed by atoms with E-state index in [2.05, 4.69) is 5.32 Å². The van der Waals surface area contributed by atoms with Gasteiger partial charge >= 0.3 is 11.9 Å². The first kappa shape index (κ1) is 20.1. The molecule has 6 nitrogen and oxygen atoms in total. The van der Waals surface area contributed by atoms with Crippen LogP contribution < -0.4 is 5.32 Å². The van der Waals surface area contributed by atoms with Gasteiger partial charge in [0, 0.05) is 4.88 Å². The lowest BCUT2D eigenvalue weighted by molar-refractivity contribution is -0.146. The van der Waals surface area contributed by atoms with E-state index in [0.717, 1.165) is 49.0 Å². The Bertz CT molecular complexity index is 858. The molecule has 156 valence electrons. The van der Waals surface area contributed by atoms with Gasteiger partial charge in [-0.2, -0.15) is 0 Å². The number of thiophene rings is 1. The summed E-state index contributed by atoms with van der Waals surface area (Å²) in [6.07, 6.45) is 10.3. The molecule has 3 aliphatic rings. The fourth-order valence-corrected chi connectivity index (χ4v) is 6.31. The predicted octanol–water partition coefficient (Wildman–Crippen LogP) is 4.05. The number of carboxylic acids is 1. The van der Waals surface area contributed by atoms with E-state index in [-0.39, 0.29) is 23.7 Å². The zero-order valence-electron chi connectivity index (χ0n) is 16.6. The second kappa shape index (κ2) is 8.30. The summed E-state index contributed by atoms with van der Waals surface area (Å²) in [4.78, 5) is 38.8. The average Bonchev–Trinajstić information content (AvgIpc) is 3.35. The van der Waals surface area contributed by atoms with Crippen molar-refractivity contribution in [2.45, 2.75) is 51.9 Å². The molecule has 0 saturated heterocycles. The maximum Gasteiger partial charge on any atom is 0.341 e. The molecule has 0 radical (unpaired) electrons. The molecule has 1 aromatic heterocycles. The van der Waals surface area contributed by atoms with Crippen LogP contribution in [-0.4, -0.2) is 29.6 Å². The second-order valence-corrected chi connectivity index (χ2v) is 9.34. The molecule has 1 saturated carbocycles. The summed E-state index contributed by atoms with van der Waals surface area (Å²) in [6.45, 7) is 2.29. The Kier molecular flexibility index (Phi) is 5.76. The summed E-state index contributed by atoms with van der Waals surface area (Å²) in [6, 6.07) is 0. The Morgan fingerprint density at radius 1 is 1.14 bits per heavy atom. The van der Waals surface area contributed by atoms with Crippen molar-refractivity contribution in [3.63, 3.8) is 0 Å². The summed E-state index contributed by atoms with van der Waals surface area (Å²) in [5.41, 5.74) is 1.49. The maximum atomic E-state index is 13.1. The van der Waals surface area contributed by atoms with Gasteiger partial charge in [-0.3, -0.25) is 9.59 Å². The topological polar surface area (TPSA) is 92.7 Å². The van der Waals surface area contributed by atoms with E-state index in [1.807, 2.05) is 19.1 Å². The van der Waals surface area contributed by atoms with E-state index in [1.165, 1.54) is 11.3 Å². The standard InChI is InChI=1S/C22H27NO5S/c1-2-10-28-22(27)18-14-6-4-3-5-7-15(14)29-20(18)23-19(24)16-12-8-9-13(11-12)17(16)21(25)26/h8-9,12-13,16-17H,2-7,10-11H2,1H3,(H,23,24)(H,25,26)/t12-,13+,16+,17-/m0/s1. The zero-order valence-corrected chi connectivity index (χ0v) is 17.4. The Morgan fingerprint density at radius 3 is 2.59 bits per heavy atom. The lowest BCUT2D eigenvalue weighted by atomic mass is 9.82. The number of nitrogens with one attached hydrogen (secondary N) is 1. The van der Waals surface area contributed by atoms with Crippen LogP contribution in [0.25, 0.3) is 0 Å². The molecule has 3 aliphatic carbocycles.